The van der Waals surface area contributed by atoms with Crippen molar-refractivity contribution in [2.45, 2.75) is 31.9 Å². The van der Waals surface area contributed by atoms with Crippen LogP contribution in [0.4, 0.5) is 8.78 Å². The lowest BCUT2D eigenvalue weighted by Crippen LogP contribution is -2.30. The number of nitrogens with zero attached hydrogens (tertiary/aromatic N) is 1. The van der Waals surface area contributed by atoms with Crippen molar-refractivity contribution in [1.29, 1.82) is 0 Å². The van der Waals surface area contributed by atoms with Gasteiger partial charge in [0, 0.05) is 25.6 Å². The fourth-order valence-electron chi connectivity index (χ4n) is 4.91. The molecule has 0 radical (unpaired) electrons. The van der Waals surface area contributed by atoms with Crippen molar-refractivity contribution in [3.63, 3.8) is 0 Å². The minimum Gasteiger partial charge on any atom is -0.493 e. The number of methoxy groups -OCH3 is 1. The molecule has 0 saturated carbocycles. The Morgan fingerprint density at radius 2 is 1.45 bits per heavy atom. The molecule has 0 aliphatic heterocycles. The Bertz CT molecular complexity index is 1350. The van der Waals surface area contributed by atoms with E-state index in [1.54, 1.807) is 37.4 Å². The molecule has 6 nitrogen and oxygen atoms in total. The summed E-state index contributed by atoms with van der Waals surface area (Å²) in [4.78, 5) is 13.6. The average molecular weight is 575 g/mol. The standard InChI is InChI=1S/C34H36F2N2O4/c1-40-32-21-26(22-33(37)39)15-18-31(32)41-20-8-19-38(23-25-13-16-29(17-14-25)42-34(35)36)24-30(27-9-4-2-5-10-27)28-11-6-3-7-12-28/h2-7,9-18,21,30,34H,8,19-20,22-24H2,1H3,(H2,37,39). The number of ether oxygens (including phenoxy) is 3. The molecule has 8 heteroatoms. The molecule has 0 saturated heterocycles. The zero-order valence-electron chi connectivity index (χ0n) is 23.6. The Morgan fingerprint density at radius 3 is 2.02 bits per heavy atom. The lowest BCUT2D eigenvalue weighted by molar-refractivity contribution is -0.117. The summed E-state index contributed by atoms with van der Waals surface area (Å²) in [6, 6.07) is 32.9. The Kier molecular flexibility index (Phi) is 11.3. The van der Waals surface area contributed by atoms with Crippen LogP contribution in [0.15, 0.2) is 103 Å². The maximum atomic E-state index is 12.6. The summed E-state index contributed by atoms with van der Waals surface area (Å²) in [6.07, 6.45) is 0.861. The van der Waals surface area contributed by atoms with Crippen LogP contribution in [0.1, 0.15) is 34.6 Å². The molecule has 4 aromatic rings. The van der Waals surface area contributed by atoms with Crippen molar-refractivity contribution in [2.75, 3.05) is 26.8 Å². The minimum atomic E-state index is -2.86. The third-order valence-electron chi connectivity index (χ3n) is 6.88. The van der Waals surface area contributed by atoms with Gasteiger partial charge in [0.05, 0.1) is 20.1 Å². The third-order valence-corrected chi connectivity index (χ3v) is 6.88. The van der Waals surface area contributed by atoms with Crippen molar-refractivity contribution < 1.29 is 27.8 Å². The van der Waals surface area contributed by atoms with E-state index in [0.717, 1.165) is 30.6 Å². The second-order valence-electron chi connectivity index (χ2n) is 9.96. The minimum absolute atomic E-state index is 0.130. The van der Waals surface area contributed by atoms with Crippen LogP contribution in [0.3, 0.4) is 0 Å². The number of halogens is 2. The van der Waals surface area contributed by atoms with E-state index >= 15 is 0 Å². The van der Waals surface area contributed by atoms with Gasteiger partial charge in [-0.2, -0.15) is 8.78 Å². The molecule has 220 valence electrons. The van der Waals surface area contributed by atoms with E-state index in [0.29, 0.717) is 24.7 Å². The van der Waals surface area contributed by atoms with Crippen LogP contribution in [-0.2, 0) is 17.8 Å². The smallest absolute Gasteiger partial charge is 0.387 e. The molecule has 0 bridgehead atoms. The van der Waals surface area contributed by atoms with Crippen LogP contribution in [0.2, 0.25) is 0 Å². The summed E-state index contributed by atoms with van der Waals surface area (Å²) in [7, 11) is 1.56. The van der Waals surface area contributed by atoms with Gasteiger partial charge < -0.3 is 19.9 Å². The predicted octanol–water partition coefficient (Wildman–Crippen LogP) is 6.43. The Balaban J connectivity index is 1.48. The van der Waals surface area contributed by atoms with Crippen molar-refractivity contribution in [3.8, 4) is 17.2 Å². The maximum absolute atomic E-state index is 12.6. The molecular formula is C34H36F2N2O4. The molecule has 0 fully saturated rings. The van der Waals surface area contributed by atoms with E-state index < -0.39 is 12.5 Å². The second-order valence-corrected chi connectivity index (χ2v) is 9.96. The first kappa shape index (κ1) is 30.5. The molecule has 0 heterocycles. The molecular weight excluding hydrogens is 538 g/mol. The molecule has 0 aliphatic rings. The van der Waals surface area contributed by atoms with E-state index in [1.165, 1.54) is 11.1 Å². The van der Waals surface area contributed by atoms with Gasteiger partial charge in [0.2, 0.25) is 5.91 Å². The number of amides is 1. The van der Waals surface area contributed by atoms with Gasteiger partial charge in [-0.3, -0.25) is 9.69 Å². The number of benzene rings is 4. The number of primary amides is 1. The topological polar surface area (TPSA) is 74.0 Å². The van der Waals surface area contributed by atoms with Gasteiger partial charge in [-0.05, 0) is 52.9 Å². The van der Waals surface area contributed by atoms with Crippen molar-refractivity contribution in [3.05, 3.63) is 125 Å². The zero-order chi connectivity index (χ0) is 29.7. The predicted molar refractivity (Wildman–Crippen MR) is 159 cm³/mol. The first-order chi connectivity index (χ1) is 20.4. The van der Waals surface area contributed by atoms with E-state index in [4.69, 9.17) is 15.2 Å². The van der Waals surface area contributed by atoms with Gasteiger partial charge in [-0.15, -0.1) is 0 Å². The first-order valence-corrected chi connectivity index (χ1v) is 13.8. The molecule has 0 unspecified atom stereocenters. The highest BCUT2D eigenvalue weighted by atomic mass is 19.3. The van der Waals surface area contributed by atoms with E-state index in [2.05, 4.69) is 33.9 Å². The van der Waals surface area contributed by atoms with Crippen LogP contribution in [-0.4, -0.2) is 44.2 Å². The average Bonchev–Trinajstić information content (AvgIpc) is 2.99. The van der Waals surface area contributed by atoms with Gasteiger partial charge in [-0.25, -0.2) is 0 Å². The third kappa shape index (κ3) is 9.31. The van der Waals surface area contributed by atoms with Crippen LogP contribution in [0, 0.1) is 0 Å². The van der Waals surface area contributed by atoms with Crippen LogP contribution < -0.4 is 19.9 Å². The van der Waals surface area contributed by atoms with Gasteiger partial charge >= 0.3 is 6.61 Å². The molecule has 0 spiro atoms. The Morgan fingerprint density at radius 1 is 0.833 bits per heavy atom. The van der Waals surface area contributed by atoms with Crippen molar-refractivity contribution in [2.24, 2.45) is 5.73 Å². The maximum Gasteiger partial charge on any atom is 0.387 e. The summed E-state index contributed by atoms with van der Waals surface area (Å²) >= 11 is 0. The summed E-state index contributed by atoms with van der Waals surface area (Å²) in [5.74, 6) is 0.998. The Hall–Kier alpha value is -4.43. The lowest BCUT2D eigenvalue weighted by atomic mass is 9.90. The molecule has 4 rings (SSSR count). The lowest BCUT2D eigenvalue weighted by Gasteiger charge is -2.28. The van der Waals surface area contributed by atoms with E-state index in [1.807, 2.05) is 48.5 Å². The molecule has 1 amide bonds. The molecule has 42 heavy (non-hydrogen) atoms. The molecule has 4 aromatic carbocycles. The fourth-order valence-corrected chi connectivity index (χ4v) is 4.91. The number of carbonyl (C=O) groups excluding carboxylic acids is 1. The summed E-state index contributed by atoms with van der Waals surface area (Å²) in [5.41, 5.74) is 9.50. The first-order valence-electron chi connectivity index (χ1n) is 13.8. The van der Waals surface area contributed by atoms with Gasteiger partial charge in [0.15, 0.2) is 11.5 Å². The molecule has 0 aromatic heterocycles. The summed E-state index contributed by atoms with van der Waals surface area (Å²) in [6.45, 7) is -0.314. The summed E-state index contributed by atoms with van der Waals surface area (Å²) < 4.78 is 41.3. The van der Waals surface area contributed by atoms with Gasteiger partial charge in [0.1, 0.15) is 5.75 Å². The SMILES string of the molecule is COc1cc(CC(N)=O)ccc1OCCCN(Cc1ccc(OC(F)F)cc1)CC(c1ccccc1)c1ccccc1. The normalized spacial score (nSPS) is 11.2. The van der Waals surface area contributed by atoms with Crippen molar-refractivity contribution in [1.82, 2.24) is 4.90 Å². The zero-order valence-corrected chi connectivity index (χ0v) is 23.6. The number of rotatable bonds is 16. The second kappa shape index (κ2) is 15.5. The summed E-state index contributed by atoms with van der Waals surface area (Å²) in [5, 5.41) is 0. The monoisotopic (exact) mass is 574 g/mol. The quantitative estimate of drug-likeness (QED) is 0.156. The number of hydrogen-bond acceptors (Lipinski definition) is 5. The highest BCUT2D eigenvalue weighted by Crippen LogP contribution is 2.29. The number of alkyl halides is 2. The highest BCUT2D eigenvalue weighted by Gasteiger charge is 2.19. The fraction of sp³-hybridized carbons (Fsp3) is 0.265. The number of carbonyl (C=O) groups is 1. The van der Waals surface area contributed by atoms with Crippen LogP contribution in [0.25, 0.3) is 0 Å². The molecule has 0 atom stereocenters. The Labute approximate surface area is 245 Å². The van der Waals surface area contributed by atoms with E-state index in [9.17, 15) is 13.6 Å². The van der Waals surface area contributed by atoms with Crippen LogP contribution >= 0.6 is 0 Å². The molecule has 2 N–H and O–H groups in total. The highest BCUT2D eigenvalue weighted by molar-refractivity contribution is 5.76. The van der Waals surface area contributed by atoms with Crippen molar-refractivity contribution >= 4 is 5.91 Å². The van der Waals surface area contributed by atoms with Crippen LogP contribution in [0.5, 0.6) is 17.2 Å². The largest absolute Gasteiger partial charge is 0.493 e. The number of hydrogen-bond donors (Lipinski definition) is 1. The molecule has 0 aliphatic carbocycles. The van der Waals surface area contributed by atoms with Gasteiger partial charge in [0.25, 0.3) is 0 Å². The number of nitrogens with two attached hydrogens (primary N) is 1. The van der Waals surface area contributed by atoms with E-state index in [-0.39, 0.29) is 18.1 Å². The van der Waals surface area contributed by atoms with Gasteiger partial charge in [-0.1, -0.05) is 78.9 Å².